The van der Waals surface area contributed by atoms with E-state index in [-0.39, 0.29) is 129 Å². The molecule has 0 aromatic rings. The van der Waals surface area contributed by atoms with Gasteiger partial charge in [-0.1, -0.05) is 90.4 Å². The van der Waals surface area contributed by atoms with Crippen molar-refractivity contribution in [2.24, 2.45) is 17.6 Å². The van der Waals surface area contributed by atoms with E-state index in [1.807, 2.05) is 0 Å². The highest BCUT2D eigenvalue weighted by Crippen LogP contribution is 2.17. The van der Waals surface area contributed by atoms with E-state index in [1.54, 1.807) is 6.92 Å². The number of rotatable bonds is 49. The lowest BCUT2D eigenvalue weighted by atomic mass is 9.89. The number of aliphatic carboxylic acids is 2. The third kappa shape index (κ3) is 40.7. The van der Waals surface area contributed by atoms with Gasteiger partial charge in [0.1, 0.15) is 30.8 Å². The van der Waals surface area contributed by atoms with Crippen LogP contribution in [-0.2, 0) is 57.3 Å². The topological polar surface area (TPSA) is 296 Å². The Morgan fingerprint density at radius 2 is 1.01 bits per heavy atom. The van der Waals surface area contributed by atoms with Gasteiger partial charge in [0.15, 0.2) is 0 Å². The summed E-state index contributed by atoms with van der Waals surface area (Å²) in [6.45, 7) is 4.95. The van der Waals surface area contributed by atoms with E-state index in [0.29, 0.717) is 45.3 Å². The third-order valence-corrected chi connectivity index (χ3v) is 11.2. The highest BCUT2D eigenvalue weighted by Gasteiger charge is 2.26. The van der Waals surface area contributed by atoms with E-state index in [4.69, 9.17) is 29.8 Å². The van der Waals surface area contributed by atoms with Crippen LogP contribution in [0.1, 0.15) is 171 Å². The van der Waals surface area contributed by atoms with Gasteiger partial charge in [0.2, 0.25) is 23.6 Å². The minimum Gasteiger partial charge on any atom is -0.481 e. The van der Waals surface area contributed by atoms with E-state index < -0.39 is 35.9 Å². The number of carboxylic acid groups (broad SMARTS) is 2. The molecule has 4 amide bonds. The number of hydrogen-bond acceptors (Lipinski definition) is 13. The smallest absolute Gasteiger partial charge is 0.326 e. The van der Waals surface area contributed by atoms with Crippen molar-refractivity contribution in [3.05, 3.63) is 0 Å². The van der Waals surface area contributed by atoms with Crippen LogP contribution in [0.25, 0.3) is 0 Å². The second kappa shape index (κ2) is 43.3. The molecule has 0 aliphatic heterocycles. The Morgan fingerprint density at radius 1 is 0.522 bits per heavy atom. The van der Waals surface area contributed by atoms with Crippen LogP contribution >= 0.6 is 0 Å². The van der Waals surface area contributed by atoms with Crippen LogP contribution in [0.4, 0.5) is 0 Å². The van der Waals surface area contributed by atoms with E-state index in [1.165, 1.54) is 51.9 Å². The molecular weight excluding hydrogens is 873 g/mol. The SMILES string of the molecule is C[C@@H](CCCCNC(=O)COCCOCCNC(=O)COCCOCCCC(=O)CC[C@H](NC(=O)CCCCCCCCCCCCCCCCC(=O)O)C(=O)O)C(=O)C[C@H](C(N)=O)[C@@H](C)O.[HH].[HH]. The van der Waals surface area contributed by atoms with E-state index in [0.717, 1.165) is 38.5 Å². The summed E-state index contributed by atoms with van der Waals surface area (Å²) in [5.41, 5.74) is 5.26. The number of unbranched alkanes of at least 4 members (excludes halogenated alkanes) is 14. The molecule has 8 N–H and O–H groups in total. The van der Waals surface area contributed by atoms with E-state index in [9.17, 15) is 48.6 Å². The zero-order valence-electron chi connectivity index (χ0n) is 40.7. The van der Waals surface area contributed by atoms with E-state index >= 15 is 0 Å². The summed E-state index contributed by atoms with van der Waals surface area (Å²) < 4.78 is 21.5. The first kappa shape index (κ1) is 63.0. The molecule has 392 valence electrons. The lowest BCUT2D eigenvalue weighted by molar-refractivity contribution is -0.142. The summed E-state index contributed by atoms with van der Waals surface area (Å²) in [4.78, 5) is 94.6. The summed E-state index contributed by atoms with van der Waals surface area (Å²) >= 11 is 0. The average Bonchev–Trinajstić information content (AvgIpc) is 3.27. The van der Waals surface area contributed by atoms with Crippen molar-refractivity contribution < 1.29 is 75.5 Å². The Bertz CT molecular complexity index is 1400. The van der Waals surface area contributed by atoms with Crippen molar-refractivity contribution in [3.63, 3.8) is 0 Å². The molecule has 0 fully saturated rings. The lowest BCUT2D eigenvalue weighted by Gasteiger charge is -2.18. The molecule has 0 aromatic carbocycles. The number of nitrogens with two attached hydrogens (primary N) is 1. The summed E-state index contributed by atoms with van der Waals surface area (Å²) in [7, 11) is 0. The van der Waals surface area contributed by atoms with Gasteiger partial charge in [0, 0.05) is 60.6 Å². The van der Waals surface area contributed by atoms with Gasteiger partial charge in [-0.3, -0.25) is 33.6 Å². The van der Waals surface area contributed by atoms with Crippen LogP contribution < -0.4 is 21.7 Å². The van der Waals surface area contributed by atoms with Gasteiger partial charge < -0.3 is 56.0 Å². The Hall–Kier alpha value is -4.04. The molecule has 0 radical (unpaired) electrons. The normalized spacial score (nSPS) is 13.0. The molecule has 0 rings (SSSR count). The van der Waals surface area contributed by atoms with Crippen molar-refractivity contribution in [2.75, 3.05) is 65.9 Å². The number of ether oxygens (including phenoxy) is 4. The lowest BCUT2D eigenvalue weighted by Crippen LogP contribution is -2.41. The molecule has 19 heteroatoms. The fourth-order valence-electron chi connectivity index (χ4n) is 7.03. The maximum Gasteiger partial charge on any atom is 0.326 e. The zero-order valence-corrected chi connectivity index (χ0v) is 40.7. The molecule has 0 aliphatic carbocycles. The van der Waals surface area contributed by atoms with Crippen LogP contribution in [0, 0.1) is 11.8 Å². The predicted octanol–water partition coefficient (Wildman–Crippen LogP) is 5.05. The quantitative estimate of drug-likeness (QED) is 0.0393. The first-order valence-corrected chi connectivity index (χ1v) is 24.7. The maximum absolute atomic E-state index is 12.4. The number of amides is 4. The van der Waals surface area contributed by atoms with Gasteiger partial charge >= 0.3 is 11.9 Å². The minimum absolute atomic E-state index is 0. The third-order valence-electron chi connectivity index (χ3n) is 11.2. The number of nitrogens with one attached hydrogen (secondary N) is 3. The molecule has 0 bridgehead atoms. The molecule has 0 spiro atoms. The van der Waals surface area contributed by atoms with Gasteiger partial charge in [-0.15, -0.1) is 0 Å². The highest BCUT2D eigenvalue weighted by atomic mass is 16.5. The average molecular weight is 963 g/mol. The molecule has 67 heavy (non-hydrogen) atoms. The minimum atomic E-state index is -1.16. The van der Waals surface area contributed by atoms with Crippen molar-refractivity contribution in [3.8, 4) is 0 Å². The standard InChI is InChI=1S/C48H86N4O15.2H2/c1-37(42(55)34-40(38(2)53)47(49)61)20-17-18-26-50-44(57)35-67-33-31-65-29-27-51-45(58)36-66-32-30-64-28-19-21-39(54)24-25-41(48(62)63)52-43(56)22-15-13-11-9-7-5-3-4-6-8-10-12-14-16-23-46(59)60;;/h37-38,40-41,53H,3-36H2,1-2H3,(H2,49,61)(H,50,57)(H,51,58)(H,52,56)(H,59,60)(H,62,63);2*1H/t37-,38+,40-,41-;;/m0../s1. The van der Waals surface area contributed by atoms with Crippen LogP contribution in [-0.4, -0.2) is 141 Å². The monoisotopic (exact) mass is 963 g/mol. The Balaban J connectivity index is -0.0000218. The first-order chi connectivity index (χ1) is 32.1. The molecule has 0 unspecified atom stereocenters. The Morgan fingerprint density at radius 3 is 1.52 bits per heavy atom. The summed E-state index contributed by atoms with van der Waals surface area (Å²) in [5.74, 6) is -4.93. The fourth-order valence-corrected chi connectivity index (χ4v) is 7.03. The Labute approximate surface area is 401 Å². The molecule has 0 aromatic heterocycles. The van der Waals surface area contributed by atoms with Crippen molar-refractivity contribution in [2.45, 2.75) is 180 Å². The first-order valence-electron chi connectivity index (χ1n) is 24.7. The van der Waals surface area contributed by atoms with Gasteiger partial charge in [-0.2, -0.15) is 0 Å². The highest BCUT2D eigenvalue weighted by molar-refractivity contribution is 5.87. The van der Waals surface area contributed by atoms with Crippen LogP contribution in [0.3, 0.4) is 0 Å². The zero-order chi connectivity index (χ0) is 49.9. The molecule has 0 heterocycles. The number of carboxylic acids is 2. The second-order valence-electron chi connectivity index (χ2n) is 17.3. The molecule has 0 saturated heterocycles. The van der Waals surface area contributed by atoms with Gasteiger partial charge in [0.25, 0.3) is 0 Å². The van der Waals surface area contributed by atoms with Crippen molar-refractivity contribution in [1.29, 1.82) is 0 Å². The molecule has 19 nitrogen and oxygen atoms in total. The summed E-state index contributed by atoms with van der Waals surface area (Å²) in [6.07, 6.45) is 17.2. The number of primary amides is 1. The molecule has 0 aliphatic rings. The molecular formula is C48H90N4O15. The molecule has 4 atom stereocenters. The number of carbonyl (C=O) groups is 8. The second-order valence-corrected chi connectivity index (χ2v) is 17.3. The van der Waals surface area contributed by atoms with E-state index in [2.05, 4.69) is 16.0 Å². The van der Waals surface area contributed by atoms with Crippen LogP contribution in [0.5, 0.6) is 0 Å². The van der Waals surface area contributed by atoms with Crippen LogP contribution in [0.15, 0.2) is 0 Å². The van der Waals surface area contributed by atoms with Gasteiger partial charge in [0.05, 0.1) is 45.1 Å². The van der Waals surface area contributed by atoms with Crippen molar-refractivity contribution >= 4 is 47.1 Å². The predicted molar refractivity (Wildman–Crippen MR) is 255 cm³/mol. The van der Waals surface area contributed by atoms with Gasteiger partial charge in [-0.05, 0) is 45.4 Å². The number of ketones is 2. The maximum atomic E-state index is 12.4. The van der Waals surface area contributed by atoms with Crippen molar-refractivity contribution in [1.82, 2.24) is 16.0 Å². The fraction of sp³-hybridized carbons (Fsp3) is 0.833. The van der Waals surface area contributed by atoms with Gasteiger partial charge in [-0.25, -0.2) is 4.79 Å². The number of hydrogen-bond donors (Lipinski definition) is 7. The van der Waals surface area contributed by atoms with Crippen LogP contribution in [0.2, 0.25) is 0 Å². The number of aliphatic hydroxyl groups excluding tert-OH is 1. The number of aliphatic hydroxyl groups is 1. The summed E-state index contributed by atoms with van der Waals surface area (Å²) in [5, 5.41) is 35.8. The number of carbonyl (C=O) groups excluding carboxylic acids is 6. The largest absolute Gasteiger partial charge is 0.481 e. The number of Topliss-reactive ketones (excluding diaryl/α,β-unsaturated/α-hetero) is 2. The molecule has 0 saturated carbocycles. The summed E-state index contributed by atoms with van der Waals surface area (Å²) in [6, 6.07) is -1.11. The Kier molecular flexibility index (Phi) is 40.6.